The van der Waals surface area contributed by atoms with Crippen molar-refractivity contribution in [3.05, 3.63) is 83.1 Å². The van der Waals surface area contributed by atoms with Gasteiger partial charge >= 0.3 is 5.97 Å². The molecule has 7 atom stereocenters. The van der Waals surface area contributed by atoms with Gasteiger partial charge in [-0.3, -0.25) is 14.4 Å². The van der Waals surface area contributed by atoms with Gasteiger partial charge in [0.2, 0.25) is 17.7 Å². The molecule has 4 rings (SSSR count). The molecule has 1 aromatic heterocycles. The minimum atomic E-state index is -1.26. The van der Waals surface area contributed by atoms with E-state index in [9.17, 15) is 24.4 Å². The number of hydrogen-bond donors (Lipinski definition) is 3. The van der Waals surface area contributed by atoms with Crippen LogP contribution in [0.2, 0.25) is 0 Å². The SMILES string of the molecule is CO[C@@H]1C(=O)O[C@H](C)[C@H](C)/C=C(\C)C[C@H](C)C(=O)N[C@@H](C)C(=O)N(C)[C@H](Cc2c[nH]c3ccccc23)C(=O)N[C@H]1c1ccc(C#N)cc1. The first kappa shape index (κ1) is 35.9. The molecule has 2 heterocycles. The van der Waals surface area contributed by atoms with Gasteiger partial charge in [0.05, 0.1) is 17.7 Å². The molecule has 3 N–H and O–H groups in total. The monoisotopic (exact) mass is 655 g/mol. The van der Waals surface area contributed by atoms with Crippen molar-refractivity contribution in [1.82, 2.24) is 20.5 Å². The van der Waals surface area contributed by atoms with Crippen molar-refractivity contribution >= 4 is 34.6 Å². The molecule has 0 aliphatic carbocycles. The first-order valence-corrected chi connectivity index (χ1v) is 16.2. The highest BCUT2D eigenvalue weighted by molar-refractivity contribution is 5.93. The summed E-state index contributed by atoms with van der Waals surface area (Å²) >= 11 is 0. The fourth-order valence-electron chi connectivity index (χ4n) is 6.09. The number of likely N-dealkylation sites (N-methyl/N-ethyl adjacent to an activating group) is 1. The molecule has 0 saturated heterocycles. The number of H-pyrrole nitrogens is 1. The molecule has 254 valence electrons. The number of carbonyl (C=O) groups excluding carboxylic acids is 4. The van der Waals surface area contributed by atoms with Gasteiger partial charge in [-0.25, -0.2) is 4.79 Å². The average Bonchev–Trinajstić information content (AvgIpc) is 3.48. The van der Waals surface area contributed by atoms with Gasteiger partial charge in [-0.15, -0.1) is 0 Å². The Labute approximate surface area is 281 Å². The van der Waals surface area contributed by atoms with Crippen molar-refractivity contribution in [2.45, 2.75) is 77.8 Å². The number of aromatic nitrogens is 1. The molecule has 11 heteroatoms. The molecular weight excluding hydrogens is 610 g/mol. The Kier molecular flexibility index (Phi) is 11.8. The van der Waals surface area contributed by atoms with Crippen molar-refractivity contribution in [3.8, 4) is 6.07 Å². The number of nitriles is 1. The first-order chi connectivity index (χ1) is 22.8. The Morgan fingerprint density at radius 2 is 1.67 bits per heavy atom. The van der Waals surface area contributed by atoms with E-state index in [4.69, 9.17) is 9.47 Å². The molecule has 0 radical (unpaired) electrons. The number of allylic oxidation sites excluding steroid dienone is 1. The highest BCUT2D eigenvalue weighted by Crippen LogP contribution is 2.26. The molecule has 0 bridgehead atoms. The van der Waals surface area contributed by atoms with Crippen molar-refractivity contribution in [2.75, 3.05) is 14.2 Å². The Hall–Kier alpha value is -4.95. The molecule has 0 fully saturated rings. The quantitative estimate of drug-likeness (QED) is 0.279. The standard InChI is InChI=1S/C37H45N5O6/c1-21-16-22(2)25(5)48-37(46)33(47-7)32(27-14-12-26(19-38)13-15-27)41-35(44)31(18-28-20-39-30-11-9-8-10-29(28)30)42(6)36(45)24(4)40-34(43)23(3)17-21/h8-16,20,22-25,31-33,39H,17-18H2,1-7H3,(H,40,43)(H,41,44)/b21-16+/t22-,23+,24+,25-,31-,32+,33+/m1/s1. The lowest BCUT2D eigenvalue weighted by Gasteiger charge is -2.33. The van der Waals surface area contributed by atoms with E-state index < -0.39 is 54.0 Å². The number of hydrogen-bond acceptors (Lipinski definition) is 7. The van der Waals surface area contributed by atoms with Gasteiger partial charge in [0, 0.05) is 49.5 Å². The molecule has 3 aromatic rings. The predicted octanol–water partition coefficient (Wildman–Crippen LogP) is 4.34. The number of benzene rings is 2. The van der Waals surface area contributed by atoms with Crippen LogP contribution in [-0.4, -0.2) is 72.0 Å². The van der Waals surface area contributed by atoms with Crippen LogP contribution in [0.5, 0.6) is 0 Å². The number of aromatic amines is 1. The zero-order valence-electron chi connectivity index (χ0n) is 28.6. The number of carbonyl (C=O) groups is 4. The van der Waals surface area contributed by atoms with Gasteiger partial charge in [-0.1, -0.05) is 55.8 Å². The van der Waals surface area contributed by atoms with Crippen LogP contribution in [0.15, 0.2) is 66.4 Å². The van der Waals surface area contributed by atoms with Crippen LogP contribution in [0.4, 0.5) is 0 Å². The van der Waals surface area contributed by atoms with Gasteiger partial charge in [-0.05, 0) is 56.5 Å². The number of rotatable bonds is 4. The highest BCUT2D eigenvalue weighted by Gasteiger charge is 2.38. The third kappa shape index (κ3) is 8.30. The zero-order chi connectivity index (χ0) is 35.1. The number of methoxy groups -OCH3 is 1. The van der Waals surface area contributed by atoms with E-state index >= 15 is 0 Å². The number of amides is 3. The van der Waals surface area contributed by atoms with Crippen molar-refractivity contribution in [2.24, 2.45) is 11.8 Å². The Morgan fingerprint density at radius 1 is 0.979 bits per heavy atom. The highest BCUT2D eigenvalue weighted by atomic mass is 16.6. The largest absolute Gasteiger partial charge is 0.460 e. The van der Waals surface area contributed by atoms with Gasteiger partial charge < -0.3 is 30.0 Å². The third-order valence-electron chi connectivity index (χ3n) is 9.09. The molecule has 1 aliphatic rings. The lowest BCUT2D eigenvalue weighted by Crippen LogP contribution is -2.56. The summed E-state index contributed by atoms with van der Waals surface area (Å²) in [5, 5.41) is 16.1. The van der Waals surface area contributed by atoms with E-state index in [1.54, 1.807) is 51.2 Å². The molecule has 0 spiro atoms. The number of ether oxygens (including phenoxy) is 2. The van der Waals surface area contributed by atoms with Crippen LogP contribution < -0.4 is 10.6 Å². The number of fused-ring (bicyclic) bond motifs is 1. The zero-order valence-corrected chi connectivity index (χ0v) is 28.6. The number of cyclic esters (lactones) is 1. The van der Waals surface area contributed by atoms with Crippen LogP contribution >= 0.6 is 0 Å². The van der Waals surface area contributed by atoms with Crippen molar-refractivity contribution in [1.29, 1.82) is 5.26 Å². The minimum absolute atomic E-state index is 0.135. The van der Waals surface area contributed by atoms with Gasteiger partial charge in [0.1, 0.15) is 18.2 Å². The molecule has 0 saturated carbocycles. The van der Waals surface area contributed by atoms with Crippen LogP contribution in [0.3, 0.4) is 0 Å². The summed E-state index contributed by atoms with van der Waals surface area (Å²) < 4.78 is 11.6. The maximum absolute atomic E-state index is 14.4. The van der Waals surface area contributed by atoms with E-state index in [0.717, 1.165) is 22.0 Å². The summed E-state index contributed by atoms with van der Waals surface area (Å²) in [5.41, 5.74) is 3.53. The van der Waals surface area contributed by atoms with Crippen LogP contribution in [0.25, 0.3) is 10.9 Å². The van der Waals surface area contributed by atoms with Gasteiger partial charge in [0.15, 0.2) is 6.10 Å². The number of nitrogens with one attached hydrogen (secondary N) is 3. The lowest BCUT2D eigenvalue weighted by atomic mass is 9.95. The van der Waals surface area contributed by atoms with E-state index in [0.29, 0.717) is 17.5 Å². The summed E-state index contributed by atoms with van der Waals surface area (Å²) in [6.45, 7) is 9.00. The third-order valence-corrected chi connectivity index (χ3v) is 9.09. The minimum Gasteiger partial charge on any atom is -0.460 e. The maximum Gasteiger partial charge on any atom is 0.338 e. The molecule has 11 nitrogen and oxygen atoms in total. The molecule has 2 aromatic carbocycles. The molecule has 48 heavy (non-hydrogen) atoms. The molecule has 0 unspecified atom stereocenters. The topological polar surface area (TPSA) is 154 Å². The smallest absolute Gasteiger partial charge is 0.338 e. The number of nitrogens with zero attached hydrogens (tertiary/aromatic N) is 2. The summed E-state index contributed by atoms with van der Waals surface area (Å²) in [6, 6.07) is 13.2. The van der Waals surface area contributed by atoms with Crippen LogP contribution in [0, 0.1) is 23.2 Å². The lowest BCUT2D eigenvalue weighted by molar-refractivity contribution is -0.164. The number of para-hydroxylation sites is 1. The second kappa shape index (κ2) is 15.8. The summed E-state index contributed by atoms with van der Waals surface area (Å²) in [4.78, 5) is 59.7. The molecule has 3 amide bonds. The Bertz CT molecular complexity index is 1710. The number of esters is 1. The molecular formula is C37H45N5O6. The van der Waals surface area contributed by atoms with Gasteiger partial charge in [0.25, 0.3) is 0 Å². The molecule has 1 aliphatic heterocycles. The second-order valence-corrected chi connectivity index (χ2v) is 12.8. The van der Waals surface area contributed by atoms with Crippen molar-refractivity contribution in [3.63, 3.8) is 0 Å². The maximum atomic E-state index is 14.4. The van der Waals surface area contributed by atoms with E-state index in [2.05, 4.69) is 21.7 Å². The summed E-state index contributed by atoms with van der Waals surface area (Å²) in [7, 11) is 2.89. The van der Waals surface area contributed by atoms with Crippen LogP contribution in [0.1, 0.15) is 63.8 Å². The summed E-state index contributed by atoms with van der Waals surface area (Å²) in [6.07, 6.45) is 2.54. The van der Waals surface area contributed by atoms with Crippen molar-refractivity contribution < 1.29 is 28.7 Å². The Morgan fingerprint density at radius 3 is 2.33 bits per heavy atom. The normalized spacial score (nSPS) is 27.9. The fraction of sp³-hybridized carbons (Fsp3) is 0.432. The first-order valence-electron chi connectivity index (χ1n) is 16.2. The van der Waals surface area contributed by atoms with Crippen LogP contribution in [-0.2, 0) is 35.1 Å². The van der Waals surface area contributed by atoms with E-state index in [1.165, 1.54) is 19.1 Å². The average molecular weight is 656 g/mol. The van der Waals surface area contributed by atoms with E-state index in [1.807, 2.05) is 44.2 Å². The second-order valence-electron chi connectivity index (χ2n) is 12.8. The summed E-state index contributed by atoms with van der Waals surface area (Å²) in [5.74, 6) is -2.60. The van der Waals surface area contributed by atoms with E-state index in [-0.39, 0.29) is 18.2 Å². The Balaban J connectivity index is 1.81. The predicted molar refractivity (Wildman–Crippen MR) is 181 cm³/mol. The van der Waals surface area contributed by atoms with Gasteiger partial charge in [-0.2, -0.15) is 5.26 Å². The fourth-order valence-corrected chi connectivity index (χ4v) is 6.09.